The van der Waals surface area contributed by atoms with Gasteiger partial charge < -0.3 is 14.8 Å². The Hall–Kier alpha value is -2.49. The molecule has 1 aliphatic carbocycles. The van der Waals surface area contributed by atoms with Gasteiger partial charge in [-0.1, -0.05) is 18.2 Å². The van der Waals surface area contributed by atoms with Crippen LogP contribution in [0.4, 0.5) is 0 Å². The average Bonchev–Trinajstić information content (AvgIpc) is 2.71. The van der Waals surface area contributed by atoms with Crippen molar-refractivity contribution in [2.45, 2.75) is 51.6 Å². The summed E-state index contributed by atoms with van der Waals surface area (Å²) in [6, 6.07) is 14.3. The summed E-state index contributed by atoms with van der Waals surface area (Å²) in [4.78, 5) is 12.3. The van der Waals surface area contributed by atoms with E-state index in [1.807, 2.05) is 24.3 Å². The molecule has 1 atom stereocenters. The Labute approximate surface area is 161 Å². The van der Waals surface area contributed by atoms with Crippen LogP contribution in [0.15, 0.2) is 42.5 Å². The molecule has 0 saturated carbocycles. The van der Waals surface area contributed by atoms with E-state index in [0.29, 0.717) is 6.54 Å². The van der Waals surface area contributed by atoms with Gasteiger partial charge in [-0.25, -0.2) is 0 Å². The minimum Gasteiger partial charge on any atom is -0.497 e. The van der Waals surface area contributed by atoms with E-state index in [4.69, 9.17) is 9.47 Å². The third kappa shape index (κ3) is 5.49. The molecule has 144 valence electrons. The van der Waals surface area contributed by atoms with Gasteiger partial charge in [0.05, 0.1) is 7.11 Å². The predicted octanol–water partition coefficient (Wildman–Crippen LogP) is 4.09. The molecule has 2 aromatic rings. The number of rotatable bonds is 8. The minimum absolute atomic E-state index is 0.0710. The molecular formula is C23H29NO3. The molecule has 1 amide bonds. The van der Waals surface area contributed by atoms with Crippen LogP contribution < -0.4 is 14.8 Å². The van der Waals surface area contributed by atoms with Gasteiger partial charge in [0.15, 0.2) is 6.10 Å². The summed E-state index contributed by atoms with van der Waals surface area (Å²) in [6.45, 7) is 2.44. The number of hydrogen-bond donors (Lipinski definition) is 1. The fourth-order valence-corrected chi connectivity index (χ4v) is 3.52. The lowest BCUT2D eigenvalue weighted by atomic mass is 9.92. The fraction of sp³-hybridized carbons (Fsp3) is 0.435. The molecule has 27 heavy (non-hydrogen) atoms. The lowest BCUT2D eigenvalue weighted by molar-refractivity contribution is -0.127. The van der Waals surface area contributed by atoms with Gasteiger partial charge in [0.2, 0.25) is 0 Å². The Bertz CT molecular complexity index is 772. The van der Waals surface area contributed by atoms with E-state index < -0.39 is 6.10 Å². The SMILES string of the molecule is COc1cccc(CCCNC(=O)[C@@H](C)Oc2ccc3c(c2)CCCC3)c1. The van der Waals surface area contributed by atoms with Crippen molar-refractivity contribution in [1.29, 1.82) is 0 Å². The van der Waals surface area contributed by atoms with Crippen molar-refractivity contribution in [1.82, 2.24) is 5.32 Å². The third-order valence-electron chi connectivity index (χ3n) is 5.08. The quantitative estimate of drug-likeness (QED) is 0.715. The van der Waals surface area contributed by atoms with Crippen LogP contribution >= 0.6 is 0 Å². The number of methoxy groups -OCH3 is 1. The number of aryl methyl sites for hydroxylation is 3. The maximum absolute atomic E-state index is 12.3. The second-order valence-electron chi connectivity index (χ2n) is 7.14. The van der Waals surface area contributed by atoms with E-state index in [0.717, 1.165) is 37.2 Å². The van der Waals surface area contributed by atoms with Crippen molar-refractivity contribution >= 4 is 5.91 Å². The number of amides is 1. The van der Waals surface area contributed by atoms with Crippen LogP contribution in [0.5, 0.6) is 11.5 Å². The molecule has 3 rings (SSSR count). The maximum Gasteiger partial charge on any atom is 0.260 e. The Kier molecular flexibility index (Phi) is 6.74. The largest absolute Gasteiger partial charge is 0.497 e. The highest BCUT2D eigenvalue weighted by molar-refractivity contribution is 5.80. The lowest BCUT2D eigenvalue weighted by Crippen LogP contribution is -2.37. The molecule has 4 nitrogen and oxygen atoms in total. The molecule has 0 fully saturated rings. The smallest absolute Gasteiger partial charge is 0.260 e. The number of ether oxygens (including phenoxy) is 2. The molecule has 0 aliphatic heterocycles. The number of hydrogen-bond acceptors (Lipinski definition) is 3. The number of carbonyl (C=O) groups excluding carboxylic acids is 1. The second-order valence-corrected chi connectivity index (χ2v) is 7.14. The summed E-state index contributed by atoms with van der Waals surface area (Å²) in [5.74, 6) is 1.58. The highest BCUT2D eigenvalue weighted by atomic mass is 16.5. The Morgan fingerprint density at radius 3 is 2.70 bits per heavy atom. The van der Waals surface area contributed by atoms with E-state index >= 15 is 0 Å². The Morgan fingerprint density at radius 1 is 1.07 bits per heavy atom. The zero-order valence-electron chi connectivity index (χ0n) is 16.3. The van der Waals surface area contributed by atoms with Crippen LogP contribution in [0.1, 0.15) is 42.9 Å². The van der Waals surface area contributed by atoms with Gasteiger partial charge in [0.25, 0.3) is 5.91 Å². The summed E-state index contributed by atoms with van der Waals surface area (Å²) in [6.07, 6.45) is 6.04. The number of nitrogens with one attached hydrogen (secondary N) is 1. The molecule has 0 spiro atoms. The van der Waals surface area contributed by atoms with Gasteiger partial charge in [0.1, 0.15) is 11.5 Å². The van der Waals surface area contributed by atoms with Crippen LogP contribution in [-0.2, 0) is 24.1 Å². The maximum atomic E-state index is 12.3. The van der Waals surface area contributed by atoms with Crippen LogP contribution in [-0.4, -0.2) is 25.7 Å². The van der Waals surface area contributed by atoms with Crippen LogP contribution in [0.3, 0.4) is 0 Å². The van der Waals surface area contributed by atoms with Crippen LogP contribution in [0, 0.1) is 0 Å². The summed E-state index contributed by atoms with van der Waals surface area (Å²) < 4.78 is 11.1. The molecule has 4 heteroatoms. The first-order valence-corrected chi connectivity index (χ1v) is 9.85. The van der Waals surface area contributed by atoms with Gasteiger partial charge in [0, 0.05) is 6.54 Å². The molecular weight excluding hydrogens is 338 g/mol. The lowest BCUT2D eigenvalue weighted by Gasteiger charge is -2.19. The Morgan fingerprint density at radius 2 is 1.89 bits per heavy atom. The molecule has 0 bridgehead atoms. The highest BCUT2D eigenvalue weighted by Crippen LogP contribution is 2.25. The monoisotopic (exact) mass is 367 g/mol. The van der Waals surface area contributed by atoms with Gasteiger partial charge >= 0.3 is 0 Å². The van der Waals surface area contributed by atoms with Crippen molar-refractivity contribution in [2.24, 2.45) is 0 Å². The molecule has 1 aliphatic rings. The standard InChI is InChI=1S/C23H29NO3/c1-17(27-22-13-12-19-9-3-4-10-20(19)16-22)23(25)24-14-6-8-18-7-5-11-21(15-18)26-2/h5,7,11-13,15-17H,3-4,6,8-10,14H2,1-2H3,(H,24,25)/t17-/m1/s1. The van der Waals surface area contributed by atoms with Crippen molar-refractivity contribution in [2.75, 3.05) is 13.7 Å². The Balaban J connectivity index is 1.42. The summed E-state index contributed by atoms with van der Waals surface area (Å²) in [5.41, 5.74) is 4.00. The van der Waals surface area contributed by atoms with Crippen LogP contribution in [0.25, 0.3) is 0 Å². The minimum atomic E-state index is -0.497. The summed E-state index contributed by atoms with van der Waals surface area (Å²) in [5, 5.41) is 2.97. The van der Waals surface area contributed by atoms with E-state index in [1.165, 1.54) is 29.5 Å². The van der Waals surface area contributed by atoms with Gasteiger partial charge in [-0.05, 0) is 86.4 Å². The number of fused-ring (bicyclic) bond motifs is 1. The fourth-order valence-electron chi connectivity index (χ4n) is 3.52. The van der Waals surface area contributed by atoms with Gasteiger partial charge in [-0.15, -0.1) is 0 Å². The normalized spacial score (nSPS) is 14.1. The zero-order chi connectivity index (χ0) is 19.1. The van der Waals surface area contributed by atoms with Crippen molar-refractivity contribution in [3.8, 4) is 11.5 Å². The predicted molar refractivity (Wildman–Crippen MR) is 107 cm³/mol. The molecule has 2 aromatic carbocycles. The van der Waals surface area contributed by atoms with Gasteiger partial charge in [-0.2, -0.15) is 0 Å². The van der Waals surface area contributed by atoms with E-state index in [1.54, 1.807) is 14.0 Å². The molecule has 0 radical (unpaired) electrons. The summed E-state index contributed by atoms with van der Waals surface area (Å²) >= 11 is 0. The average molecular weight is 367 g/mol. The molecule has 0 aromatic heterocycles. The first kappa shape index (κ1) is 19.3. The third-order valence-corrected chi connectivity index (χ3v) is 5.08. The summed E-state index contributed by atoms with van der Waals surface area (Å²) in [7, 11) is 1.67. The molecule has 1 N–H and O–H groups in total. The first-order chi connectivity index (χ1) is 13.2. The second kappa shape index (κ2) is 9.45. The van der Waals surface area contributed by atoms with Crippen LogP contribution in [0.2, 0.25) is 0 Å². The van der Waals surface area contributed by atoms with Crippen molar-refractivity contribution in [3.05, 3.63) is 59.2 Å². The molecule has 0 saturated heterocycles. The highest BCUT2D eigenvalue weighted by Gasteiger charge is 2.16. The van der Waals surface area contributed by atoms with Crippen molar-refractivity contribution in [3.63, 3.8) is 0 Å². The van der Waals surface area contributed by atoms with E-state index in [9.17, 15) is 4.79 Å². The first-order valence-electron chi connectivity index (χ1n) is 9.85. The number of benzene rings is 2. The molecule has 0 unspecified atom stereocenters. The van der Waals surface area contributed by atoms with Crippen molar-refractivity contribution < 1.29 is 14.3 Å². The topological polar surface area (TPSA) is 47.6 Å². The number of carbonyl (C=O) groups is 1. The molecule has 0 heterocycles. The van der Waals surface area contributed by atoms with E-state index in [2.05, 4.69) is 23.5 Å². The van der Waals surface area contributed by atoms with Gasteiger partial charge in [-0.3, -0.25) is 4.79 Å². The van der Waals surface area contributed by atoms with E-state index in [-0.39, 0.29) is 5.91 Å². The zero-order valence-corrected chi connectivity index (χ0v) is 16.3.